The maximum absolute atomic E-state index is 5.96. The summed E-state index contributed by atoms with van der Waals surface area (Å²) in [7, 11) is 1.99. The maximum atomic E-state index is 5.96. The Labute approximate surface area is 62.4 Å². The molecule has 1 aliphatic heterocycles. The fourth-order valence-corrected chi connectivity index (χ4v) is 1.42. The average Bonchev–Trinajstić information content (AvgIpc) is 1.83. The highest BCUT2D eigenvalue weighted by Gasteiger charge is 2.31. The summed E-state index contributed by atoms with van der Waals surface area (Å²) >= 11 is 0. The topological polar surface area (TPSA) is 55.3 Å². The molecule has 2 unspecified atom stereocenters. The van der Waals surface area contributed by atoms with Crippen LogP contribution in [-0.2, 0) is 0 Å². The largest absolute Gasteiger partial charge is 0.316 e. The van der Waals surface area contributed by atoms with Gasteiger partial charge in [-0.05, 0) is 33.2 Å². The van der Waals surface area contributed by atoms with E-state index in [0.29, 0.717) is 0 Å². The van der Waals surface area contributed by atoms with Gasteiger partial charge in [0.2, 0.25) is 0 Å². The van der Waals surface area contributed by atoms with E-state index in [1.54, 1.807) is 0 Å². The fourth-order valence-electron chi connectivity index (χ4n) is 1.42. The molecule has 10 heavy (non-hydrogen) atoms. The second-order valence-electron chi connectivity index (χ2n) is 3.43. The lowest BCUT2D eigenvalue weighted by Gasteiger charge is -2.43. The molecular weight excluding hydrogens is 126 g/mol. The first-order valence-corrected chi connectivity index (χ1v) is 3.81. The van der Waals surface area contributed by atoms with Crippen molar-refractivity contribution in [2.75, 3.05) is 7.05 Å². The summed E-state index contributed by atoms with van der Waals surface area (Å²) in [6, 6.07) is 0. The van der Waals surface area contributed by atoms with E-state index in [1.165, 1.54) is 0 Å². The summed E-state index contributed by atoms with van der Waals surface area (Å²) in [5.41, 5.74) is 11.6. The highest BCUT2D eigenvalue weighted by molar-refractivity contribution is 4.85. The minimum absolute atomic E-state index is 0.156. The number of hydrogen-bond acceptors (Lipinski definition) is 3. The molecule has 0 aliphatic carbocycles. The zero-order valence-corrected chi connectivity index (χ0v) is 6.80. The van der Waals surface area contributed by atoms with Crippen molar-refractivity contribution in [2.24, 2.45) is 11.5 Å². The third-order valence-corrected chi connectivity index (χ3v) is 2.49. The van der Waals surface area contributed by atoms with Crippen LogP contribution in [-0.4, -0.2) is 23.8 Å². The van der Waals surface area contributed by atoms with Crippen LogP contribution in [0.4, 0.5) is 0 Å². The van der Waals surface area contributed by atoms with Crippen LogP contribution in [0.15, 0.2) is 0 Å². The lowest BCUT2D eigenvalue weighted by atomic mass is 9.97. The van der Waals surface area contributed by atoms with Crippen molar-refractivity contribution in [3.8, 4) is 0 Å². The summed E-state index contributed by atoms with van der Waals surface area (Å²) in [4.78, 5) is 2.05. The Balaban J connectivity index is 2.60. The molecule has 0 aromatic carbocycles. The number of nitrogens with two attached hydrogens (primary N) is 2. The van der Waals surface area contributed by atoms with Gasteiger partial charge in [-0.1, -0.05) is 0 Å². The van der Waals surface area contributed by atoms with Crippen molar-refractivity contribution in [3.63, 3.8) is 0 Å². The Bertz CT molecular complexity index is 122. The van der Waals surface area contributed by atoms with Crippen molar-refractivity contribution in [2.45, 2.75) is 38.0 Å². The van der Waals surface area contributed by atoms with Crippen molar-refractivity contribution in [3.05, 3.63) is 0 Å². The predicted molar refractivity (Wildman–Crippen MR) is 42.2 cm³/mol. The molecule has 1 fully saturated rings. The smallest absolute Gasteiger partial charge is 0.0668 e. The van der Waals surface area contributed by atoms with E-state index in [1.807, 2.05) is 14.0 Å². The Morgan fingerprint density at radius 1 is 1.60 bits per heavy atom. The molecule has 1 aliphatic rings. The van der Waals surface area contributed by atoms with Crippen LogP contribution in [0.5, 0.6) is 0 Å². The van der Waals surface area contributed by atoms with Crippen molar-refractivity contribution in [1.82, 2.24) is 4.90 Å². The summed E-state index contributed by atoms with van der Waals surface area (Å²) in [5.74, 6) is 0. The van der Waals surface area contributed by atoms with Crippen LogP contribution in [0.2, 0.25) is 0 Å². The molecule has 0 saturated carbocycles. The normalized spacial score (nSPS) is 43.8. The number of nitrogens with zero attached hydrogens (tertiary/aromatic N) is 1. The van der Waals surface area contributed by atoms with Crippen LogP contribution in [0.25, 0.3) is 0 Å². The van der Waals surface area contributed by atoms with E-state index in [9.17, 15) is 0 Å². The van der Waals surface area contributed by atoms with Gasteiger partial charge in [-0.15, -0.1) is 0 Å². The van der Waals surface area contributed by atoms with Crippen molar-refractivity contribution < 1.29 is 0 Å². The second-order valence-corrected chi connectivity index (χ2v) is 3.43. The SMILES string of the molecule is CN1C(N)CCCC1(C)N. The van der Waals surface area contributed by atoms with Gasteiger partial charge in [0, 0.05) is 0 Å². The van der Waals surface area contributed by atoms with Gasteiger partial charge in [0.15, 0.2) is 0 Å². The van der Waals surface area contributed by atoms with E-state index >= 15 is 0 Å². The van der Waals surface area contributed by atoms with Gasteiger partial charge in [0.25, 0.3) is 0 Å². The van der Waals surface area contributed by atoms with Crippen molar-refractivity contribution >= 4 is 0 Å². The Morgan fingerprint density at radius 3 is 2.60 bits per heavy atom. The minimum atomic E-state index is -0.183. The van der Waals surface area contributed by atoms with Gasteiger partial charge in [-0.25, -0.2) is 0 Å². The predicted octanol–water partition coefficient (Wildman–Crippen LogP) is 0.0618. The molecule has 60 valence electrons. The molecule has 4 N–H and O–H groups in total. The minimum Gasteiger partial charge on any atom is -0.316 e. The first kappa shape index (κ1) is 7.98. The van der Waals surface area contributed by atoms with Crippen LogP contribution < -0.4 is 11.5 Å². The van der Waals surface area contributed by atoms with Crippen LogP contribution >= 0.6 is 0 Å². The summed E-state index contributed by atoms with van der Waals surface area (Å²) in [6.45, 7) is 2.03. The Hall–Kier alpha value is -0.120. The number of rotatable bonds is 0. The van der Waals surface area contributed by atoms with Crippen LogP contribution in [0.1, 0.15) is 26.2 Å². The highest BCUT2D eigenvalue weighted by atomic mass is 15.3. The van der Waals surface area contributed by atoms with Gasteiger partial charge in [0.1, 0.15) is 0 Å². The lowest BCUT2D eigenvalue weighted by Crippen LogP contribution is -2.61. The van der Waals surface area contributed by atoms with E-state index in [2.05, 4.69) is 4.90 Å². The van der Waals surface area contributed by atoms with Crippen LogP contribution in [0, 0.1) is 0 Å². The van der Waals surface area contributed by atoms with E-state index in [4.69, 9.17) is 11.5 Å². The molecule has 3 nitrogen and oxygen atoms in total. The third-order valence-electron chi connectivity index (χ3n) is 2.49. The molecule has 0 bridgehead atoms. The molecule has 1 rings (SSSR count). The maximum Gasteiger partial charge on any atom is 0.0668 e. The van der Waals surface area contributed by atoms with Gasteiger partial charge >= 0.3 is 0 Å². The summed E-state index contributed by atoms with van der Waals surface area (Å²) in [6.07, 6.45) is 3.43. The monoisotopic (exact) mass is 143 g/mol. The first-order valence-electron chi connectivity index (χ1n) is 3.81. The molecule has 0 radical (unpaired) electrons. The Kier molecular flexibility index (Phi) is 1.99. The third kappa shape index (κ3) is 1.31. The standard InChI is InChI=1S/C7H17N3/c1-7(9)5-3-4-6(8)10(7)2/h6H,3-5,8-9H2,1-2H3. The molecule has 2 atom stereocenters. The van der Waals surface area contributed by atoms with Gasteiger partial charge in [-0.2, -0.15) is 0 Å². The molecule has 0 spiro atoms. The average molecular weight is 143 g/mol. The number of hydrogen-bond donors (Lipinski definition) is 2. The molecule has 1 heterocycles. The summed E-state index contributed by atoms with van der Waals surface area (Å²) in [5, 5.41) is 0. The van der Waals surface area contributed by atoms with Gasteiger partial charge < -0.3 is 11.5 Å². The Morgan fingerprint density at radius 2 is 2.20 bits per heavy atom. The second kappa shape index (κ2) is 2.49. The first-order chi connectivity index (χ1) is 4.54. The van der Waals surface area contributed by atoms with Crippen molar-refractivity contribution in [1.29, 1.82) is 0 Å². The quantitative estimate of drug-likeness (QED) is 0.504. The van der Waals surface area contributed by atoms with Crippen LogP contribution in [0.3, 0.4) is 0 Å². The number of likely N-dealkylation sites (tertiary alicyclic amines) is 1. The fraction of sp³-hybridized carbons (Fsp3) is 1.00. The van der Waals surface area contributed by atoms with Gasteiger partial charge in [-0.3, -0.25) is 4.90 Å². The highest BCUT2D eigenvalue weighted by Crippen LogP contribution is 2.23. The van der Waals surface area contributed by atoms with E-state index in [0.717, 1.165) is 19.3 Å². The number of piperidine rings is 1. The lowest BCUT2D eigenvalue weighted by molar-refractivity contribution is 0.0445. The zero-order chi connectivity index (χ0) is 7.78. The van der Waals surface area contributed by atoms with E-state index < -0.39 is 0 Å². The zero-order valence-electron chi connectivity index (χ0n) is 6.80. The summed E-state index contributed by atoms with van der Waals surface area (Å²) < 4.78 is 0. The molecule has 0 aromatic rings. The molecular formula is C7H17N3. The molecule has 3 heteroatoms. The molecule has 1 saturated heterocycles. The van der Waals surface area contributed by atoms with E-state index in [-0.39, 0.29) is 11.8 Å². The molecule has 0 amide bonds. The van der Waals surface area contributed by atoms with Gasteiger partial charge in [0.05, 0.1) is 11.8 Å². The molecule has 0 aromatic heterocycles.